The van der Waals surface area contributed by atoms with Crippen LogP contribution in [0.15, 0.2) is 72.4 Å². The molecule has 32 heavy (non-hydrogen) atoms. The maximum absolute atomic E-state index is 13.3. The summed E-state index contributed by atoms with van der Waals surface area (Å²) in [5, 5.41) is 11.8. The summed E-state index contributed by atoms with van der Waals surface area (Å²) in [5.41, 5.74) is 1.48. The van der Waals surface area contributed by atoms with Crippen molar-refractivity contribution < 1.29 is 24.2 Å². The Labute approximate surface area is 188 Å². The van der Waals surface area contributed by atoms with E-state index in [1.165, 1.54) is 30.2 Å². The minimum absolute atomic E-state index is 0.0498. The van der Waals surface area contributed by atoms with Crippen LogP contribution in [0, 0.1) is 0 Å². The number of hydrogen-bond acceptors (Lipinski definition) is 5. The van der Waals surface area contributed by atoms with Crippen LogP contribution in [0.25, 0.3) is 11.8 Å². The highest BCUT2D eigenvalue weighted by Crippen LogP contribution is 2.31. The van der Waals surface area contributed by atoms with Crippen LogP contribution in [0.2, 0.25) is 0 Å². The molecule has 0 radical (unpaired) electrons. The normalized spacial score (nSPS) is 15.1. The minimum Gasteiger partial charge on any atom is -0.495 e. The topological polar surface area (TPSA) is 101 Å². The molecule has 3 aromatic rings. The van der Waals surface area contributed by atoms with Gasteiger partial charge in [0.25, 0.3) is 11.8 Å². The van der Waals surface area contributed by atoms with E-state index in [1.807, 2.05) is 0 Å². The molecule has 2 heterocycles. The van der Waals surface area contributed by atoms with Crippen LogP contribution in [0.1, 0.15) is 16.1 Å². The molecule has 2 amide bonds. The zero-order valence-corrected chi connectivity index (χ0v) is 17.6. The lowest BCUT2D eigenvalue weighted by atomic mass is 10.1. The van der Waals surface area contributed by atoms with E-state index in [0.717, 1.165) is 0 Å². The van der Waals surface area contributed by atoms with E-state index in [0.29, 0.717) is 22.8 Å². The van der Waals surface area contributed by atoms with Crippen molar-refractivity contribution in [2.45, 2.75) is 0 Å². The summed E-state index contributed by atoms with van der Waals surface area (Å²) in [5.74, 6) is -1.86. The Morgan fingerprint density at radius 2 is 1.88 bits per heavy atom. The number of para-hydroxylation sites is 2. The number of carboxylic acids is 1. The summed E-state index contributed by atoms with van der Waals surface area (Å²) in [7, 11) is 1.48. The number of aromatic nitrogens is 1. The van der Waals surface area contributed by atoms with Crippen molar-refractivity contribution in [1.29, 1.82) is 0 Å². The van der Waals surface area contributed by atoms with Crippen LogP contribution >= 0.6 is 12.2 Å². The number of aromatic carboxylic acids is 1. The van der Waals surface area contributed by atoms with Gasteiger partial charge in [0.15, 0.2) is 5.11 Å². The Balaban J connectivity index is 1.77. The predicted octanol–water partition coefficient (Wildman–Crippen LogP) is 3.02. The van der Waals surface area contributed by atoms with Gasteiger partial charge in [0.2, 0.25) is 0 Å². The lowest BCUT2D eigenvalue weighted by molar-refractivity contribution is -0.122. The average Bonchev–Trinajstić information content (AvgIpc) is 3.25. The first-order valence-electron chi connectivity index (χ1n) is 9.46. The van der Waals surface area contributed by atoms with Crippen LogP contribution in [-0.4, -0.2) is 39.7 Å². The Hall–Kier alpha value is -4.24. The number of benzene rings is 2. The molecule has 2 aromatic carbocycles. The first-order valence-corrected chi connectivity index (χ1v) is 9.87. The number of carbonyl (C=O) groups excluding carboxylic acids is 2. The Morgan fingerprint density at radius 3 is 2.62 bits per heavy atom. The van der Waals surface area contributed by atoms with E-state index in [4.69, 9.17) is 17.0 Å². The molecule has 0 atom stereocenters. The monoisotopic (exact) mass is 447 g/mol. The largest absolute Gasteiger partial charge is 0.495 e. The summed E-state index contributed by atoms with van der Waals surface area (Å²) < 4.78 is 7.01. The zero-order valence-electron chi connectivity index (χ0n) is 16.8. The average molecular weight is 447 g/mol. The van der Waals surface area contributed by atoms with Crippen molar-refractivity contribution in [3.05, 3.63) is 83.7 Å². The summed E-state index contributed by atoms with van der Waals surface area (Å²) in [6.45, 7) is 0. The molecule has 1 aliphatic rings. The molecule has 160 valence electrons. The molecule has 8 nitrogen and oxygen atoms in total. The van der Waals surface area contributed by atoms with Crippen molar-refractivity contribution in [2.75, 3.05) is 12.0 Å². The highest BCUT2D eigenvalue weighted by atomic mass is 32.1. The SMILES string of the molecule is COc1ccccc1N1C(=O)/C(=C/c2cccn2-c2cccc(C(=O)O)c2)C(=O)NC1=S. The van der Waals surface area contributed by atoms with Crippen LogP contribution in [0.4, 0.5) is 5.69 Å². The molecular formula is C23H17N3O5S. The van der Waals surface area contributed by atoms with Crippen molar-refractivity contribution in [3.63, 3.8) is 0 Å². The van der Waals surface area contributed by atoms with Crippen molar-refractivity contribution >= 4 is 46.9 Å². The smallest absolute Gasteiger partial charge is 0.335 e. The number of thiocarbonyl (C=S) groups is 1. The maximum Gasteiger partial charge on any atom is 0.335 e. The van der Waals surface area contributed by atoms with E-state index in [2.05, 4.69) is 5.32 Å². The number of carbonyl (C=O) groups is 3. The minimum atomic E-state index is -1.05. The second-order valence-corrected chi connectivity index (χ2v) is 7.17. The van der Waals surface area contributed by atoms with Gasteiger partial charge in [-0.05, 0) is 60.8 Å². The van der Waals surface area contributed by atoms with Gasteiger partial charge >= 0.3 is 5.97 Å². The van der Waals surface area contributed by atoms with Gasteiger partial charge in [0.1, 0.15) is 11.3 Å². The highest BCUT2D eigenvalue weighted by Gasteiger charge is 2.36. The Kier molecular flexibility index (Phi) is 5.57. The second-order valence-electron chi connectivity index (χ2n) is 6.79. The van der Waals surface area contributed by atoms with Gasteiger partial charge in [-0.25, -0.2) is 9.69 Å². The summed E-state index contributed by atoms with van der Waals surface area (Å²) in [6, 6.07) is 16.6. The molecule has 4 rings (SSSR count). The Morgan fingerprint density at radius 1 is 1.09 bits per heavy atom. The number of hydrogen-bond donors (Lipinski definition) is 2. The molecule has 1 saturated heterocycles. The second kappa shape index (κ2) is 8.48. The maximum atomic E-state index is 13.3. The fraction of sp³-hybridized carbons (Fsp3) is 0.0435. The first-order chi connectivity index (χ1) is 15.4. The van der Waals surface area contributed by atoms with Crippen molar-refractivity contribution in [2.24, 2.45) is 0 Å². The van der Waals surface area contributed by atoms with Crippen LogP contribution < -0.4 is 15.0 Å². The number of nitrogens with one attached hydrogen (secondary N) is 1. The number of anilines is 1. The number of methoxy groups -OCH3 is 1. The fourth-order valence-electron chi connectivity index (χ4n) is 3.37. The lowest BCUT2D eigenvalue weighted by Crippen LogP contribution is -2.54. The number of nitrogens with zero attached hydrogens (tertiary/aromatic N) is 2. The summed E-state index contributed by atoms with van der Waals surface area (Å²) in [6.07, 6.45) is 3.15. The zero-order chi connectivity index (χ0) is 22.8. The third kappa shape index (κ3) is 3.77. The number of rotatable bonds is 5. The molecule has 0 unspecified atom stereocenters. The summed E-state index contributed by atoms with van der Waals surface area (Å²) in [4.78, 5) is 38.5. The van der Waals surface area contributed by atoms with E-state index in [-0.39, 0.29) is 16.2 Å². The van der Waals surface area contributed by atoms with Gasteiger partial charge in [-0.15, -0.1) is 0 Å². The molecule has 0 saturated carbocycles. The lowest BCUT2D eigenvalue weighted by Gasteiger charge is -2.29. The van der Waals surface area contributed by atoms with E-state index < -0.39 is 17.8 Å². The number of ether oxygens (including phenoxy) is 1. The molecule has 1 aromatic heterocycles. The molecule has 2 N–H and O–H groups in total. The molecule has 9 heteroatoms. The van der Waals surface area contributed by atoms with Gasteiger partial charge in [0, 0.05) is 17.6 Å². The van der Waals surface area contributed by atoms with Crippen molar-refractivity contribution in [1.82, 2.24) is 9.88 Å². The Bertz CT molecular complexity index is 1290. The van der Waals surface area contributed by atoms with Gasteiger partial charge in [-0.2, -0.15) is 0 Å². The third-order valence-electron chi connectivity index (χ3n) is 4.87. The fourth-order valence-corrected chi connectivity index (χ4v) is 3.65. The first kappa shape index (κ1) is 21.0. The van der Waals surface area contributed by atoms with Gasteiger partial charge in [-0.3, -0.25) is 14.9 Å². The standard InChI is InChI=1S/C23H17N3O5S/c1-31-19-10-3-2-9-18(19)26-21(28)17(20(27)24-23(26)32)13-16-8-5-11-25(16)15-7-4-6-14(12-15)22(29)30/h2-13H,1H3,(H,29,30)(H,24,27,32)/b17-13+. The molecule has 1 fully saturated rings. The van der Waals surface area contributed by atoms with Crippen LogP contribution in [0.5, 0.6) is 5.75 Å². The van der Waals surface area contributed by atoms with Gasteiger partial charge in [-0.1, -0.05) is 18.2 Å². The quantitative estimate of drug-likeness (QED) is 0.354. The van der Waals surface area contributed by atoms with Gasteiger partial charge in [0.05, 0.1) is 18.4 Å². The summed E-state index contributed by atoms with van der Waals surface area (Å²) >= 11 is 5.24. The number of carboxylic acid groups (broad SMARTS) is 1. The highest BCUT2D eigenvalue weighted by molar-refractivity contribution is 7.80. The molecule has 0 spiro atoms. The van der Waals surface area contributed by atoms with Crippen LogP contribution in [-0.2, 0) is 9.59 Å². The predicted molar refractivity (Wildman–Crippen MR) is 122 cm³/mol. The van der Waals surface area contributed by atoms with Crippen LogP contribution in [0.3, 0.4) is 0 Å². The molecule has 1 aliphatic heterocycles. The molecular weight excluding hydrogens is 430 g/mol. The van der Waals surface area contributed by atoms with Gasteiger partial charge < -0.3 is 14.4 Å². The van der Waals surface area contributed by atoms with E-state index in [1.54, 1.807) is 59.3 Å². The molecule has 0 aliphatic carbocycles. The van der Waals surface area contributed by atoms with E-state index in [9.17, 15) is 19.5 Å². The third-order valence-corrected chi connectivity index (χ3v) is 5.16. The van der Waals surface area contributed by atoms with E-state index >= 15 is 0 Å². The number of amides is 2. The molecule has 0 bridgehead atoms. The van der Waals surface area contributed by atoms with Crippen molar-refractivity contribution in [3.8, 4) is 11.4 Å².